The lowest BCUT2D eigenvalue weighted by Gasteiger charge is -2.38. The Morgan fingerprint density at radius 1 is 1.21 bits per heavy atom. The predicted molar refractivity (Wildman–Crippen MR) is 131 cm³/mol. The summed E-state index contributed by atoms with van der Waals surface area (Å²) >= 11 is 0. The van der Waals surface area contributed by atoms with Gasteiger partial charge in [0.15, 0.2) is 0 Å². The molecule has 7 heteroatoms. The summed E-state index contributed by atoms with van der Waals surface area (Å²) in [5, 5.41) is 3.31. The predicted octanol–water partition coefficient (Wildman–Crippen LogP) is 3.89. The van der Waals surface area contributed by atoms with Gasteiger partial charge in [-0.2, -0.15) is 0 Å². The summed E-state index contributed by atoms with van der Waals surface area (Å²) < 4.78 is 15.2. The fraction of sp³-hybridized carbons (Fsp3) is 0.769. The van der Waals surface area contributed by atoms with Gasteiger partial charge in [0.1, 0.15) is 17.7 Å². The van der Waals surface area contributed by atoms with Crippen molar-refractivity contribution in [3.8, 4) is 0 Å². The first-order valence-electron chi connectivity index (χ1n) is 13.2. The average molecular weight is 460 g/mol. The minimum atomic E-state index is -0.899. The summed E-state index contributed by atoms with van der Waals surface area (Å²) in [4.78, 5) is 22.4. The molecule has 3 fully saturated rings. The number of alkyl halides is 1. The van der Waals surface area contributed by atoms with E-state index in [9.17, 15) is 4.79 Å². The minimum Gasteiger partial charge on any atom is -0.344 e. The molecule has 0 bridgehead atoms. The Bertz CT molecular complexity index is 788. The Morgan fingerprint density at radius 2 is 1.97 bits per heavy atom. The zero-order valence-electron chi connectivity index (χ0n) is 20.4. The molecule has 3 aliphatic heterocycles. The molecule has 0 aromatic heterocycles. The molecule has 1 saturated carbocycles. The van der Waals surface area contributed by atoms with E-state index in [4.69, 9.17) is 5.73 Å². The highest BCUT2D eigenvalue weighted by Gasteiger charge is 2.37. The Morgan fingerprint density at radius 3 is 2.70 bits per heavy atom. The number of aliphatic imine (C=N–C) groups is 1. The van der Waals surface area contributed by atoms with Crippen LogP contribution < -0.4 is 11.1 Å². The molecular formula is C26H42FN5O. The maximum atomic E-state index is 15.2. The van der Waals surface area contributed by atoms with Gasteiger partial charge in [-0.25, -0.2) is 9.38 Å². The van der Waals surface area contributed by atoms with Gasteiger partial charge in [0.25, 0.3) is 5.91 Å². The van der Waals surface area contributed by atoms with E-state index in [-0.39, 0.29) is 17.9 Å². The van der Waals surface area contributed by atoms with Crippen molar-refractivity contribution in [2.75, 3.05) is 19.6 Å². The van der Waals surface area contributed by atoms with Crippen LogP contribution in [0.4, 0.5) is 4.39 Å². The zero-order valence-corrected chi connectivity index (χ0v) is 20.4. The monoisotopic (exact) mass is 459 g/mol. The van der Waals surface area contributed by atoms with Gasteiger partial charge >= 0.3 is 0 Å². The highest BCUT2D eigenvalue weighted by atomic mass is 19.1. The van der Waals surface area contributed by atoms with E-state index in [0.717, 1.165) is 57.4 Å². The van der Waals surface area contributed by atoms with Gasteiger partial charge in [-0.3, -0.25) is 4.79 Å². The zero-order chi connectivity index (χ0) is 23.4. The molecule has 184 valence electrons. The second-order valence-electron chi connectivity index (χ2n) is 10.4. The lowest BCUT2D eigenvalue weighted by Crippen LogP contribution is -2.45. The van der Waals surface area contributed by atoms with E-state index in [1.54, 1.807) is 0 Å². The number of rotatable bonds is 5. The van der Waals surface area contributed by atoms with Crippen molar-refractivity contribution in [3.05, 3.63) is 23.7 Å². The van der Waals surface area contributed by atoms with Crippen LogP contribution in [0.5, 0.6) is 0 Å². The second-order valence-corrected chi connectivity index (χ2v) is 10.4. The van der Waals surface area contributed by atoms with Gasteiger partial charge in [-0.15, -0.1) is 0 Å². The number of likely N-dealkylation sites (tertiary alicyclic amines) is 2. The van der Waals surface area contributed by atoms with Crippen molar-refractivity contribution in [2.45, 2.75) is 102 Å². The lowest BCUT2D eigenvalue weighted by atomic mass is 9.79. The molecule has 4 unspecified atom stereocenters. The highest BCUT2D eigenvalue weighted by molar-refractivity contribution is 6.43. The standard InChI is InChI=1S/C26H42FN5O/c1-3-19-15-24(26(33)32-14-6-4-5-9-18(32)2)30-25(29-19)17-23(28)21-11-10-20(16-22(21)27)31-12-7-8-13-31/h15,17-18,20-23,29H,3-14,16,28H2,1-2H3/b25-17+/t18-,20?,21?,22?,23?/m1/s1. The van der Waals surface area contributed by atoms with E-state index in [1.165, 1.54) is 25.7 Å². The van der Waals surface area contributed by atoms with E-state index in [1.807, 2.05) is 17.1 Å². The fourth-order valence-electron chi connectivity index (χ4n) is 5.95. The van der Waals surface area contributed by atoms with Crippen LogP contribution in [0.1, 0.15) is 78.1 Å². The second kappa shape index (κ2) is 11.1. The molecule has 4 rings (SSSR count). The van der Waals surface area contributed by atoms with E-state index >= 15 is 4.39 Å². The molecule has 1 aliphatic carbocycles. The molecule has 2 saturated heterocycles. The number of allylic oxidation sites excluding steroid dienone is 1. The van der Waals surface area contributed by atoms with E-state index < -0.39 is 12.2 Å². The van der Waals surface area contributed by atoms with Crippen LogP contribution in [-0.4, -0.2) is 65.4 Å². The van der Waals surface area contributed by atoms with Crippen LogP contribution in [0.3, 0.4) is 0 Å². The van der Waals surface area contributed by atoms with Crippen LogP contribution in [0.15, 0.2) is 28.7 Å². The first-order valence-corrected chi connectivity index (χ1v) is 13.2. The molecule has 0 aromatic carbocycles. The Hall–Kier alpha value is -1.73. The number of nitrogens with one attached hydrogen (secondary N) is 1. The Labute approximate surface area is 198 Å². The van der Waals surface area contributed by atoms with Crippen LogP contribution in [-0.2, 0) is 4.79 Å². The first kappa shape index (κ1) is 24.4. The van der Waals surface area contributed by atoms with Crippen molar-refractivity contribution < 1.29 is 9.18 Å². The number of halogens is 1. The topological polar surface area (TPSA) is 74.0 Å². The van der Waals surface area contributed by atoms with Crippen LogP contribution >= 0.6 is 0 Å². The highest BCUT2D eigenvalue weighted by Crippen LogP contribution is 2.34. The molecular weight excluding hydrogens is 417 g/mol. The third-order valence-electron chi connectivity index (χ3n) is 8.05. The van der Waals surface area contributed by atoms with Gasteiger partial charge in [0.2, 0.25) is 0 Å². The first-order chi connectivity index (χ1) is 16.0. The maximum Gasteiger partial charge on any atom is 0.272 e. The normalized spacial score (nSPS) is 33.8. The van der Waals surface area contributed by atoms with Crippen LogP contribution in [0.25, 0.3) is 0 Å². The van der Waals surface area contributed by atoms with E-state index in [0.29, 0.717) is 24.0 Å². The van der Waals surface area contributed by atoms with Crippen LogP contribution in [0, 0.1) is 5.92 Å². The molecule has 4 aliphatic rings. The SMILES string of the molecule is CCC1=CC(C(=O)N2CCCCC[C@H]2C)=N/C(=C/C(N)C2CCC(N3CCCC3)CC2F)N1. The molecule has 6 nitrogen and oxygen atoms in total. The van der Waals surface area contributed by atoms with Crippen molar-refractivity contribution in [1.82, 2.24) is 15.1 Å². The summed E-state index contributed by atoms with van der Waals surface area (Å²) in [6, 6.07) is 0.165. The number of carbonyl (C=O) groups is 1. The molecule has 0 spiro atoms. The summed E-state index contributed by atoms with van der Waals surface area (Å²) in [6.45, 7) is 7.17. The Balaban J connectivity index is 1.45. The number of hydrogen-bond donors (Lipinski definition) is 2. The summed E-state index contributed by atoms with van der Waals surface area (Å²) in [5.74, 6) is 0.376. The van der Waals surface area contributed by atoms with Crippen molar-refractivity contribution in [2.24, 2.45) is 16.6 Å². The van der Waals surface area contributed by atoms with Crippen molar-refractivity contribution in [1.29, 1.82) is 0 Å². The Kier molecular flexibility index (Phi) is 8.23. The fourth-order valence-corrected chi connectivity index (χ4v) is 5.95. The number of nitrogens with two attached hydrogens (primary N) is 1. The number of hydrogen-bond acceptors (Lipinski definition) is 5. The number of nitrogens with zero attached hydrogens (tertiary/aromatic N) is 3. The molecule has 3 N–H and O–H groups in total. The van der Waals surface area contributed by atoms with Gasteiger partial charge in [0, 0.05) is 36.3 Å². The maximum absolute atomic E-state index is 15.2. The van der Waals surface area contributed by atoms with Gasteiger partial charge in [0.05, 0.1) is 0 Å². The molecule has 0 aromatic rings. The largest absolute Gasteiger partial charge is 0.344 e. The number of amides is 1. The third kappa shape index (κ3) is 5.86. The molecule has 5 atom stereocenters. The molecule has 33 heavy (non-hydrogen) atoms. The van der Waals surface area contributed by atoms with Crippen LogP contribution in [0.2, 0.25) is 0 Å². The van der Waals surface area contributed by atoms with Gasteiger partial charge in [-0.1, -0.05) is 19.8 Å². The minimum absolute atomic E-state index is 0.00851. The number of carbonyl (C=O) groups excluding carboxylic acids is 1. The summed E-state index contributed by atoms with van der Waals surface area (Å²) in [6.07, 6.45) is 12.8. The average Bonchev–Trinajstić information content (AvgIpc) is 3.27. The summed E-state index contributed by atoms with van der Waals surface area (Å²) in [5.41, 5.74) is 7.92. The summed E-state index contributed by atoms with van der Waals surface area (Å²) in [7, 11) is 0. The molecule has 1 amide bonds. The lowest BCUT2D eigenvalue weighted by molar-refractivity contribution is -0.125. The van der Waals surface area contributed by atoms with Crippen molar-refractivity contribution in [3.63, 3.8) is 0 Å². The molecule has 3 heterocycles. The van der Waals surface area contributed by atoms with Gasteiger partial charge < -0.3 is 20.9 Å². The van der Waals surface area contributed by atoms with Gasteiger partial charge in [-0.05, 0) is 83.5 Å². The smallest absolute Gasteiger partial charge is 0.272 e. The quantitative estimate of drug-likeness (QED) is 0.654. The van der Waals surface area contributed by atoms with Crippen molar-refractivity contribution >= 4 is 11.6 Å². The van der Waals surface area contributed by atoms with E-state index in [2.05, 4.69) is 29.1 Å². The third-order valence-corrected chi connectivity index (χ3v) is 8.05. The molecule has 0 radical (unpaired) electrons.